The molecule has 0 unspecified atom stereocenters. The lowest BCUT2D eigenvalue weighted by atomic mass is 10.1. The predicted octanol–water partition coefficient (Wildman–Crippen LogP) is 1.66. The molecule has 0 spiro atoms. The summed E-state index contributed by atoms with van der Waals surface area (Å²) in [6.07, 6.45) is 2.12. The number of nitrogens with one attached hydrogen (secondary N) is 1. The quantitative estimate of drug-likeness (QED) is 0.764. The molecule has 4 nitrogen and oxygen atoms in total. The first-order chi connectivity index (χ1) is 7.72. The van der Waals surface area contributed by atoms with E-state index in [1.54, 1.807) is 24.4 Å². The van der Waals surface area contributed by atoms with Crippen molar-refractivity contribution < 1.29 is 9.90 Å². The molecule has 2 N–H and O–H groups in total. The smallest absolute Gasteiger partial charge is 0.211 e. The summed E-state index contributed by atoms with van der Waals surface area (Å²) in [4.78, 5) is 14.4. The molecular weight excluding hydrogens is 204 g/mol. The lowest BCUT2D eigenvalue weighted by molar-refractivity contribution is -0.108. The average Bonchev–Trinajstić information content (AvgIpc) is 2.29. The van der Waals surface area contributed by atoms with Crippen LogP contribution in [0.3, 0.4) is 0 Å². The highest BCUT2D eigenvalue weighted by Crippen LogP contribution is 2.23. The van der Waals surface area contributed by atoms with Gasteiger partial charge in [-0.1, -0.05) is 18.7 Å². The normalized spacial score (nSPS) is 10.0. The Morgan fingerprint density at radius 1 is 1.50 bits per heavy atom. The second-order valence-corrected chi connectivity index (χ2v) is 3.31. The average molecular weight is 214 g/mol. The van der Waals surface area contributed by atoms with Gasteiger partial charge in [0.05, 0.1) is 0 Å². The van der Waals surface area contributed by atoms with Crippen LogP contribution in [0.2, 0.25) is 0 Å². The van der Waals surface area contributed by atoms with Crippen LogP contribution in [0.15, 0.2) is 37.0 Å². The molecule has 80 valence electrons. The molecule has 2 rings (SSSR count). The second-order valence-electron chi connectivity index (χ2n) is 3.31. The summed E-state index contributed by atoms with van der Waals surface area (Å²) in [6.45, 7) is 3.70. The van der Waals surface area contributed by atoms with Crippen LogP contribution in [0.25, 0.3) is 16.6 Å². The number of carbonyl (C=O) groups is 1. The fraction of sp³-hybridized carbons (Fsp3) is 0. The van der Waals surface area contributed by atoms with Crippen molar-refractivity contribution in [2.24, 2.45) is 0 Å². The Labute approximate surface area is 92.2 Å². The van der Waals surface area contributed by atoms with E-state index in [1.165, 1.54) is 0 Å². The summed E-state index contributed by atoms with van der Waals surface area (Å²) in [6, 6.07) is 6.95. The van der Waals surface area contributed by atoms with E-state index in [1.807, 2.05) is 6.07 Å². The van der Waals surface area contributed by atoms with E-state index in [0.29, 0.717) is 23.2 Å². The summed E-state index contributed by atoms with van der Waals surface area (Å²) in [5.74, 6) is 0.137. The third-order valence-electron chi connectivity index (χ3n) is 2.27. The number of para-hydroxylation sites is 1. The molecule has 0 atom stereocenters. The topological polar surface area (TPSA) is 62.2 Å². The van der Waals surface area contributed by atoms with Gasteiger partial charge in [0.2, 0.25) is 6.41 Å². The van der Waals surface area contributed by atoms with E-state index in [9.17, 15) is 9.90 Å². The van der Waals surface area contributed by atoms with Gasteiger partial charge in [-0.25, -0.2) is 0 Å². The van der Waals surface area contributed by atoms with Gasteiger partial charge in [0.15, 0.2) is 0 Å². The molecule has 1 heterocycles. The third kappa shape index (κ3) is 1.72. The lowest BCUT2D eigenvalue weighted by Crippen LogP contribution is -2.07. The van der Waals surface area contributed by atoms with Gasteiger partial charge < -0.3 is 10.4 Å². The summed E-state index contributed by atoms with van der Waals surface area (Å²) >= 11 is 0. The summed E-state index contributed by atoms with van der Waals surface area (Å²) < 4.78 is 0. The van der Waals surface area contributed by atoms with Gasteiger partial charge in [0.1, 0.15) is 11.3 Å². The number of hydrogen-bond donors (Lipinski definition) is 2. The molecule has 4 heteroatoms. The molecule has 1 amide bonds. The number of hydrogen-bond acceptors (Lipinski definition) is 3. The molecule has 1 aromatic carbocycles. The Morgan fingerprint density at radius 2 is 2.31 bits per heavy atom. The minimum Gasteiger partial charge on any atom is -0.506 e. The zero-order chi connectivity index (χ0) is 11.5. The van der Waals surface area contributed by atoms with Crippen molar-refractivity contribution in [1.82, 2.24) is 10.3 Å². The Hall–Kier alpha value is -2.36. The number of carbonyl (C=O) groups excluding carboxylic acids is 1. The van der Waals surface area contributed by atoms with E-state index in [-0.39, 0.29) is 5.75 Å². The zero-order valence-corrected chi connectivity index (χ0v) is 8.47. The Kier molecular flexibility index (Phi) is 2.55. The maximum atomic E-state index is 10.3. The number of aromatic nitrogens is 1. The number of fused-ring (bicyclic) bond motifs is 1. The first-order valence-electron chi connectivity index (χ1n) is 4.69. The van der Waals surface area contributed by atoms with E-state index < -0.39 is 0 Å². The minimum absolute atomic E-state index is 0.137. The number of aromatic hydroxyl groups is 1. The van der Waals surface area contributed by atoms with Crippen molar-refractivity contribution in [3.8, 4) is 5.75 Å². The van der Waals surface area contributed by atoms with Gasteiger partial charge in [-0.05, 0) is 12.1 Å². The predicted molar refractivity (Wildman–Crippen MR) is 61.6 cm³/mol. The van der Waals surface area contributed by atoms with Crippen molar-refractivity contribution in [2.45, 2.75) is 0 Å². The number of benzene rings is 1. The van der Waals surface area contributed by atoms with Crippen molar-refractivity contribution >= 4 is 23.0 Å². The molecule has 0 aliphatic heterocycles. The Morgan fingerprint density at radius 3 is 3.06 bits per heavy atom. The molecule has 0 bridgehead atoms. The Bertz CT molecular complexity index is 564. The highest BCUT2D eigenvalue weighted by Gasteiger charge is 2.03. The Balaban J connectivity index is 2.52. The second kappa shape index (κ2) is 4.02. The van der Waals surface area contributed by atoms with E-state index in [2.05, 4.69) is 16.9 Å². The van der Waals surface area contributed by atoms with Gasteiger partial charge in [0, 0.05) is 22.8 Å². The van der Waals surface area contributed by atoms with Crippen molar-refractivity contribution in [2.75, 3.05) is 0 Å². The number of pyridine rings is 1. The fourth-order valence-corrected chi connectivity index (χ4v) is 1.46. The largest absolute Gasteiger partial charge is 0.506 e. The first kappa shape index (κ1) is 10.2. The molecule has 1 aromatic heterocycles. The summed E-state index contributed by atoms with van der Waals surface area (Å²) in [5, 5.41) is 12.8. The van der Waals surface area contributed by atoms with E-state index in [4.69, 9.17) is 0 Å². The van der Waals surface area contributed by atoms with Gasteiger partial charge in [-0.15, -0.1) is 0 Å². The van der Waals surface area contributed by atoms with Crippen LogP contribution in [-0.2, 0) is 4.79 Å². The van der Waals surface area contributed by atoms with E-state index in [0.717, 1.165) is 5.39 Å². The molecular formula is C12H10N2O2. The van der Waals surface area contributed by atoms with Crippen LogP contribution in [0.1, 0.15) is 5.56 Å². The lowest BCUT2D eigenvalue weighted by Gasteiger charge is -2.05. The van der Waals surface area contributed by atoms with E-state index >= 15 is 0 Å². The van der Waals surface area contributed by atoms with Crippen LogP contribution >= 0.6 is 0 Å². The van der Waals surface area contributed by atoms with Crippen molar-refractivity contribution in [3.63, 3.8) is 0 Å². The molecule has 2 aromatic rings. The molecule has 16 heavy (non-hydrogen) atoms. The van der Waals surface area contributed by atoms with Crippen molar-refractivity contribution in [1.29, 1.82) is 0 Å². The number of nitrogens with zero attached hydrogens (tertiary/aromatic N) is 1. The molecule has 0 aliphatic rings. The van der Waals surface area contributed by atoms with Crippen molar-refractivity contribution in [3.05, 3.63) is 42.6 Å². The first-order valence-corrected chi connectivity index (χ1v) is 4.69. The highest BCUT2D eigenvalue weighted by molar-refractivity contribution is 5.87. The zero-order valence-electron chi connectivity index (χ0n) is 8.47. The van der Waals surface area contributed by atoms with Crippen LogP contribution < -0.4 is 5.32 Å². The maximum absolute atomic E-state index is 10.3. The van der Waals surface area contributed by atoms with Crippen LogP contribution in [-0.4, -0.2) is 16.5 Å². The molecule has 0 fully saturated rings. The fourth-order valence-electron chi connectivity index (χ4n) is 1.46. The SMILES string of the molecule is C=C(NC=O)c1cnc2c(O)cccc2c1. The molecule has 0 saturated carbocycles. The molecule has 0 saturated heterocycles. The number of phenols is 1. The van der Waals surface area contributed by atoms with Gasteiger partial charge in [-0.2, -0.15) is 0 Å². The van der Waals surface area contributed by atoms with Gasteiger partial charge >= 0.3 is 0 Å². The molecule has 0 radical (unpaired) electrons. The van der Waals surface area contributed by atoms with Gasteiger partial charge in [-0.3, -0.25) is 9.78 Å². The number of rotatable bonds is 3. The maximum Gasteiger partial charge on any atom is 0.211 e. The van der Waals surface area contributed by atoms with Crippen LogP contribution in [0.5, 0.6) is 5.75 Å². The summed E-state index contributed by atoms with van der Waals surface area (Å²) in [5.41, 5.74) is 1.73. The van der Waals surface area contributed by atoms with Gasteiger partial charge in [0.25, 0.3) is 0 Å². The van der Waals surface area contributed by atoms with Crippen LogP contribution in [0, 0.1) is 0 Å². The standard InChI is InChI=1S/C12H10N2O2/c1-8(14-7-15)10-5-9-3-2-4-11(16)12(9)13-6-10/h2-7,16H,1H2,(H,14,15). The monoisotopic (exact) mass is 214 g/mol. The number of amides is 1. The number of phenolic OH excluding ortho intramolecular Hbond substituents is 1. The molecule has 0 aliphatic carbocycles. The minimum atomic E-state index is 0.137. The summed E-state index contributed by atoms with van der Waals surface area (Å²) in [7, 11) is 0. The highest BCUT2D eigenvalue weighted by atomic mass is 16.3. The third-order valence-corrected chi connectivity index (χ3v) is 2.27. The van der Waals surface area contributed by atoms with Crippen LogP contribution in [0.4, 0.5) is 0 Å².